The molecular weight excluding hydrogens is 264 g/mol. The summed E-state index contributed by atoms with van der Waals surface area (Å²) >= 11 is 0. The molecule has 5 nitrogen and oxygen atoms in total. The molecule has 0 bridgehead atoms. The van der Waals surface area contributed by atoms with Crippen molar-refractivity contribution in [3.8, 4) is 0 Å². The quantitative estimate of drug-likeness (QED) is 0.791. The van der Waals surface area contributed by atoms with E-state index in [-0.39, 0.29) is 17.9 Å². The van der Waals surface area contributed by atoms with Gasteiger partial charge in [-0.3, -0.25) is 0 Å². The van der Waals surface area contributed by atoms with E-state index in [9.17, 15) is 8.42 Å². The normalized spacial score (nSPS) is 27.5. The highest BCUT2D eigenvalue weighted by Crippen LogP contribution is 2.14. The summed E-state index contributed by atoms with van der Waals surface area (Å²) in [7, 11) is -3.22. The lowest BCUT2D eigenvalue weighted by atomic mass is 10.1. The predicted octanol–water partition coefficient (Wildman–Crippen LogP) is 0.959. The van der Waals surface area contributed by atoms with Crippen molar-refractivity contribution < 1.29 is 13.2 Å². The Morgan fingerprint density at radius 2 is 2.00 bits per heavy atom. The minimum absolute atomic E-state index is 0.0236. The Morgan fingerprint density at radius 1 is 1.26 bits per heavy atom. The van der Waals surface area contributed by atoms with Gasteiger partial charge in [0.25, 0.3) is 0 Å². The maximum atomic E-state index is 12.0. The number of piperidine rings is 1. The molecule has 1 N–H and O–H groups in total. The van der Waals surface area contributed by atoms with Gasteiger partial charge in [-0.05, 0) is 45.7 Å². The third kappa shape index (κ3) is 5.38. The molecule has 2 heterocycles. The molecule has 2 aliphatic heterocycles. The van der Waals surface area contributed by atoms with Crippen LogP contribution in [-0.4, -0.2) is 57.5 Å². The average molecular weight is 290 g/mol. The molecule has 0 aromatic carbocycles. The van der Waals surface area contributed by atoms with Gasteiger partial charge >= 0.3 is 0 Å². The molecule has 0 aromatic heterocycles. The van der Waals surface area contributed by atoms with Gasteiger partial charge in [0.15, 0.2) is 0 Å². The fraction of sp³-hybridized carbons (Fsp3) is 1.00. The lowest BCUT2D eigenvalue weighted by Crippen LogP contribution is -2.45. The zero-order chi connectivity index (χ0) is 13.7. The van der Waals surface area contributed by atoms with Gasteiger partial charge in [-0.15, -0.1) is 0 Å². The monoisotopic (exact) mass is 290 g/mol. The summed E-state index contributed by atoms with van der Waals surface area (Å²) in [5.74, 6) is 0.108. The number of nitrogens with one attached hydrogen (secondary N) is 1. The van der Waals surface area contributed by atoms with Gasteiger partial charge in [0.1, 0.15) is 0 Å². The van der Waals surface area contributed by atoms with Gasteiger partial charge in [-0.25, -0.2) is 13.1 Å². The van der Waals surface area contributed by atoms with Crippen LogP contribution in [-0.2, 0) is 14.8 Å². The van der Waals surface area contributed by atoms with Gasteiger partial charge in [0.05, 0.1) is 11.9 Å². The van der Waals surface area contributed by atoms with Crippen LogP contribution in [0.3, 0.4) is 0 Å². The summed E-state index contributed by atoms with van der Waals surface area (Å²) in [5, 5.41) is 0. The molecule has 6 heteroatoms. The number of rotatable bonds is 6. The van der Waals surface area contributed by atoms with Crippen LogP contribution in [0.25, 0.3) is 0 Å². The highest BCUT2D eigenvalue weighted by Gasteiger charge is 2.25. The van der Waals surface area contributed by atoms with Crippen LogP contribution < -0.4 is 4.72 Å². The Bertz CT molecular complexity index is 360. The van der Waals surface area contributed by atoms with Gasteiger partial charge in [-0.1, -0.05) is 6.42 Å². The van der Waals surface area contributed by atoms with Crippen molar-refractivity contribution in [3.05, 3.63) is 0 Å². The second-order valence-corrected chi connectivity index (χ2v) is 7.60. The Kier molecular flexibility index (Phi) is 5.62. The largest absolute Gasteiger partial charge is 0.377 e. The number of likely N-dealkylation sites (tertiary alicyclic amines) is 1. The van der Waals surface area contributed by atoms with Crippen molar-refractivity contribution in [2.75, 3.05) is 32.0 Å². The zero-order valence-corrected chi connectivity index (χ0v) is 12.6. The first-order valence-corrected chi connectivity index (χ1v) is 9.04. The molecule has 0 saturated carbocycles. The first kappa shape index (κ1) is 15.2. The van der Waals surface area contributed by atoms with E-state index in [0.29, 0.717) is 6.61 Å². The van der Waals surface area contributed by atoms with Crippen molar-refractivity contribution in [2.24, 2.45) is 0 Å². The Labute approximate surface area is 116 Å². The summed E-state index contributed by atoms with van der Waals surface area (Å²) in [5.41, 5.74) is 0. The van der Waals surface area contributed by atoms with E-state index in [4.69, 9.17) is 4.74 Å². The van der Waals surface area contributed by atoms with Crippen molar-refractivity contribution in [1.29, 1.82) is 0 Å². The van der Waals surface area contributed by atoms with E-state index in [1.165, 1.54) is 19.3 Å². The minimum atomic E-state index is -3.22. The standard InChI is InChI=1S/C13H26N2O3S/c1-12(10-15-7-3-2-4-8-15)14-19(16,17)11-13-6-5-9-18-13/h12-14H,2-11H2,1H3/t12-,13-/m1/s1. The molecule has 0 amide bonds. The van der Waals surface area contributed by atoms with E-state index in [1.54, 1.807) is 0 Å². The van der Waals surface area contributed by atoms with Gasteiger partial charge in [-0.2, -0.15) is 0 Å². The van der Waals surface area contributed by atoms with Crippen molar-refractivity contribution in [2.45, 2.75) is 51.2 Å². The summed E-state index contributed by atoms with van der Waals surface area (Å²) in [6.45, 7) is 5.64. The van der Waals surface area contributed by atoms with Crippen LogP contribution in [0.5, 0.6) is 0 Å². The molecule has 0 aromatic rings. The topological polar surface area (TPSA) is 58.6 Å². The van der Waals surface area contributed by atoms with Gasteiger partial charge in [0, 0.05) is 19.2 Å². The fourth-order valence-corrected chi connectivity index (χ4v) is 4.48. The van der Waals surface area contributed by atoms with Gasteiger partial charge < -0.3 is 9.64 Å². The first-order valence-electron chi connectivity index (χ1n) is 7.39. The molecule has 2 rings (SSSR count). The summed E-state index contributed by atoms with van der Waals surface area (Å²) in [6.07, 6.45) is 5.49. The molecule has 112 valence electrons. The summed E-state index contributed by atoms with van der Waals surface area (Å²) in [4.78, 5) is 2.35. The van der Waals surface area contributed by atoms with Crippen LogP contribution in [0.1, 0.15) is 39.0 Å². The Morgan fingerprint density at radius 3 is 2.63 bits per heavy atom. The molecule has 2 aliphatic rings. The second-order valence-electron chi connectivity index (χ2n) is 5.80. The highest BCUT2D eigenvalue weighted by atomic mass is 32.2. The highest BCUT2D eigenvalue weighted by molar-refractivity contribution is 7.89. The maximum absolute atomic E-state index is 12.0. The molecule has 0 aliphatic carbocycles. The third-order valence-electron chi connectivity index (χ3n) is 3.79. The summed E-state index contributed by atoms with van der Waals surface area (Å²) in [6, 6.07) is -0.0236. The smallest absolute Gasteiger partial charge is 0.214 e. The van der Waals surface area contributed by atoms with Crippen molar-refractivity contribution in [1.82, 2.24) is 9.62 Å². The van der Waals surface area contributed by atoms with Gasteiger partial charge in [0.2, 0.25) is 10.0 Å². The average Bonchev–Trinajstić information content (AvgIpc) is 2.81. The van der Waals surface area contributed by atoms with E-state index in [1.807, 2.05) is 6.92 Å². The second kappa shape index (κ2) is 7.02. The lowest BCUT2D eigenvalue weighted by Gasteiger charge is -2.29. The fourth-order valence-electron chi connectivity index (χ4n) is 2.94. The number of hydrogen-bond donors (Lipinski definition) is 1. The molecule has 0 radical (unpaired) electrons. The summed E-state index contributed by atoms with van der Waals surface area (Å²) < 4.78 is 32.2. The molecule has 2 atom stereocenters. The lowest BCUT2D eigenvalue weighted by molar-refractivity contribution is 0.127. The van der Waals surface area contributed by atoms with Crippen molar-refractivity contribution >= 4 is 10.0 Å². The zero-order valence-electron chi connectivity index (χ0n) is 11.8. The van der Waals surface area contributed by atoms with E-state index in [2.05, 4.69) is 9.62 Å². The van der Waals surface area contributed by atoms with Crippen LogP contribution >= 0.6 is 0 Å². The maximum Gasteiger partial charge on any atom is 0.214 e. The van der Waals surface area contributed by atoms with Crippen LogP contribution in [0, 0.1) is 0 Å². The molecular formula is C13H26N2O3S. The molecule has 2 fully saturated rings. The molecule has 19 heavy (non-hydrogen) atoms. The Balaban J connectivity index is 1.74. The van der Waals surface area contributed by atoms with Crippen molar-refractivity contribution in [3.63, 3.8) is 0 Å². The SMILES string of the molecule is C[C@H](CN1CCCCC1)NS(=O)(=O)C[C@H]1CCCO1. The Hall–Kier alpha value is -0.170. The number of sulfonamides is 1. The molecule has 0 unspecified atom stereocenters. The molecule has 0 spiro atoms. The first-order chi connectivity index (χ1) is 9.05. The van der Waals surface area contributed by atoms with E-state index < -0.39 is 10.0 Å². The minimum Gasteiger partial charge on any atom is -0.377 e. The van der Waals surface area contributed by atoms with E-state index in [0.717, 1.165) is 32.5 Å². The van der Waals surface area contributed by atoms with Crippen LogP contribution in [0.4, 0.5) is 0 Å². The number of ether oxygens (including phenoxy) is 1. The van der Waals surface area contributed by atoms with Crippen LogP contribution in [0.2, 0.25) is 0 Å². The number of hydrogen-bond acceptors (Lipinski definition) is 4. The van der Waals surface area contributed by atoms with E-state index >= 15 is 0 Å². The van der Waals surface area contributed by atoms with Crippen LogP contribution in [0.15, 0.2) is 0 Å². The molecule has 2 saturated heterocycles. The predicted molar refractivity (Wildman–Crippen MR) is 75.6 cm³/mol. The number of nitrogens with zero attached hydrogens (tertiary/aromatic N) is 1. The third-order valence-corrected chi connectivity index (χ3v) is 5.36.